The van der Waals surface area contributed by atoms with Gasteiger partial charge in [-0.1, -0.05) is 12.1 Å². The molecule has 0 radical (unpaired) electrons. The van der Waals surface area contributed by atoms with Crippen LogP contribution in [0.3, 0.4) is 0 Å². The summed E-state index contributed by atoms with van der Waals surface area (Å²) < 4.78 is 11.0. The molecule has 0 unspecified atom stereocenters. The average molecular weight is 277 g/mol. The molecule has 1 aliphatic rings. The van der Waals surface area contributed by atoms with Gasteiger partial charge >= 0.3 is 0 Å². The number of rotatable bonds is 6. The van der Waals surface area contributed by atoms with E-state index in [1.165, 1.54) is 0 Å². The quantitative estimate of drug-likeness (QED) is 0.800. The van der Waals surface area contributed by atoms with Crippen molar-refractivity contribution in [3.8, 4) is 11.5 Å². The average Bonchev–Trinajstić information content (AvgIpc) is 2.48. The van der Waals surface area contributed by atoms with Crippen molar-refractivity contribution in [1.29, 1.82) is 0 Å². The topological polar surface area (TPSA) is 38.8 Å². The molecular weight excluding hydrogens is 254 g/mol. The number of piperidine rings is 1. The fraction of sp³-hybridized carbons (Fsp3) is 0.562. The Bertz CT molecular complexity index is 439. The molecule has 1 saturated heterocycles. The van der Waals surface area contributed by atoms with Crippen LogP contribution in [0.15, 0.2) is 24.3 Å². The molecule has 0 bridgehead atoms. The van der Waals surface area contributed by atoms with E-state index in [9.17, 15) is 4.79 Å². The first-order chi connectivity index (χ1) is 9.70. The Morgan fingerprint density at radius 2 is 1.90 bits per heavy atom. The second-order valence-electron chi connectivity index (χ2n) is 5.23. The van der Waals surface area contributed by atoms with Gasteiger partial charge in [0.25, 0.3) is 0 Å². The molecule has 0 amide bonds. The summed E-state index contributed by atoms with van der Waals surface area (Å²) >= 11 is 0. The van der Waals surface area contributed by atoms with Crippen molar-refractivity contribution < 1.29 is 14.3 Å². The minimum absolute atomic E-state index is 0.265. The number of ketones is 1. The highest BCUT2D eigenvalue weighted by atomic mass is 16.5. The molecule has 1 aliphatic heterocycles. The van der Waals surface area contributed by atoms with Gasteiger partial charge in [0.2, 0.25) is 0 Å². The monoisotopic (exact) mass is 277 g/mol. The van der Waals surface area contributed by atoms with Gasteiger partial charge in [0, 0.05) is 12.5 Å². The molecule has 0 aliphatic carbocycles. The first-order valence-corrected chi connectivity index (χ1v) is 7.19. The van der Waals surface area contributed by atoms with E-state index in [2.05, 4.69) is 4.90 Å². The SMILES string of the molecule is COc1ccccc1OCCN1CCC(C(C)=O)CC1. The van der Waals surface area contributed by atoms with E-state index in [1.807, 2.05) is 24.3 Å². The number of benzene rings is 1. The Kier molecular flexibility index (Phi) is 5.41. The van der Waals surface area contributed by atoms with E-state index >= 15 is 0 Å². The Balaban J connectivity index is 1.73. The molecule has 0 spiro atoms. The van der Waals surface area contributed by atoms with Crippen LogP contribution in [-0.2, 0) is 4.79 Å². The Morgan fingerprint density at radius 1 is 1.25 bits per heavy atom. The number of carbonyl (C=O) groups is 1. The van der Waals surface area contributed by atoms with Crippen molar-refractivity contribution in [1.82, 2.24) is 4.90 Å². The third-order valence-electron chi connectivity index (χ3n) is 3.90. The number of likely N-dealkylation sites (tertiary alicyclic amines) is 1. The minimum atomic E-state index is 0.265. The molecule has 4 heteroatoms. The van der Waals surface area contributed by atoms with Crippen LogP contribution in [0.4, 0.5) is 0 Å². The number of ether oxygens (including phenoxy) is 2. The number of para-hydroxylation sites is 2. The lowest BCUT2D eigenvalue weighted by Gasteiger charge is -2.30. The molecule has 1 heterocycles. The lowest BCUT2D eigenvalue weighted by molar-refractivity contribution is -0.122. The minimum Gasteiger partial charge on any atom is -0.493 e. The normalized spacial score (nSPS) is 16.9. The fourth-order valence-electron chi connectivity index (χ4n) is 2.59. The zero-order valence-corrected chi connectivity index (χ0v) is 12.3. The zero-order valence-electron chi connectivity index (χ0n) is 12.3. The fourth-order valence-corrected chi connectivity index (χ4v) is 2.59. The van der Waals surface area contributed by atoms with Crippen molar-refractivity contribution in [3.63, 3.8) is 0 Å². The molecule has 1 aromatic rings. The first-order valence-electron chi connectivity index (χ1n) is 7.19. The highest BCUT2D eigenvalue weighted by molar-refractivity contribution is 5.78. The summed E-state index contributed by atoms with van der Waals surface area (Å²) in [6.45, 7) is 5.21. The lowest BCUT2D eigenvalue weighted by Crippen LogP contribution is -2.38. The number of nitrogens with zero attached hydrogens (tertiary/aromatic N) is 1. The van der Waals surface area contributed by atoms with E-state index < -0.39 is 0 Å². The van der Waals surface area contributed by atoms with Gasteiger partial charge in [0.15, 0.2) is 11.5 Å². The molecule has 0 aromatic heterocycles. The van der Waals surface area contributed by atoms with E-state index in [0.717, 1.165) is 44.0 Å². The summed E-state index contributed by atoms with van der Waals surface area (Å²) in [7, 11) is 1.65. The number of carbonyl (C=O) groups excluding carboxylic acids is 1. The van der Waals surface area contributed by atoms with Gasteiger partial charge in [-0.3, -0.25) is 9.69 Å². The number of Topliss-reactive ketones (excluding diaryl/α,β-unsaturated/α-hetero) is 1. The molecule has 0 atom stereocenters. The zero-order chi connectivity index (χ0) is 14.4. The van der Waals surface area contributed by atoms with Gasteiger partial charge < -0.3 is 9.47 Å². The molecule has 2 rings (SSSR count). The summed E-state index contributed by atoms with van der Waals surface area (Å²) in [4.78, 5) is 13.7. The molecule has 4 nitrogen and oxygen atoms in total. The largest absolute Gasteiger partial charge is 0.493 e. The van der Waals surface area contributed by atoms with Crippen LogP contribution >= 0.6 is 0 Å². The van der Waals surface area contributed by atoms with Crippen molar-refractivity contribution in [3.05, 3.63) is 24.3 Å². The Morgan fingerprint density at radius 3 is 2.50 bits per heavy atom. The highest BCUT2D eigenvalue weighted by Gasteiger charge is 2.21. The number of methoxy groups -OCH3 is 1. The van der Waals surface area contributed by atoms with Gasteiger partial charge in [0.05, 0.1) is 7.11 Å². The summed E-state index contributed by atoms with van der Waals surface area (Å²) in [6, 6.07) is 7.68. The van der Waals surface area contributed by atoms with Crippen molar-refractivity contribution in [2.24, 2.45) is 5.92 Å². The lowest BCUT2D eigenvalue weighted by atomic mass is 9.93. The smallest absolute Gasteiger partial charge is 0.161 e. The van der Waals surface area contributed by atoms with E-state index in [1.54, 1.807) is 14.0 Å². The van der Waals surface area contributed by atoms with Crippen molar-refractivity contribution in [2.75, 3.05) is 33.4 Å². The predicted octanol–water partition coefficient (Wildman–Crippen LogP) is 2.38. The second-order valence-corrected chi connectivity index (χ2v) is 5.23. The maximum atomic E-state index is 11.3. The van der Waals surface area contributed by atoms with Crippen LogP contribution in [0.1, 0.15) is 19.8 Å². The van der Waals surface area contributed by atoms with E-state index in [4.69, 9.17) is 9.47 Å². The third-order valence-corrected chi connectivity index (χ3v) is 3.90. The predicted molar refractivity (Wildman–Crippen MR) is 78.3 cm³/mol. The summed E-state index contributed by atoms with van der Waals surface area (Å²) in [5.74, 6) is 2.15. The summed E-state index contributed by atoms with van der Waals surface area (Å²) in [5, 5.41) is 0. The summed E-state index contributed by atoms with van der Waals surface area (Å²) in [5.41, 5.74) is 0. The summed E-state index contributed by atoms with van der Waals surface area (Å²) in [6.07, 6.45) is 1.95. The molecular formula is C16H23NO3. The number of hydrogen-bond acceptors (Lipinski definition) is 4. The van der Waals surface area contributed by atoms with Crippen LogP contribution in [0.2, 0.25) is 0 Å². The van der Waals surface area contributed by atoms with E-state index in [0.29, 0.717) is 12.4 Å². The van der Waals surface area contributed by atoms with Crippen LogP contribution in [-0.4, -0.2) is 44.0 Å². The van der Waals surface area contributed by atoms with Crippen LogP contribution in [0.25, 0.3) is 0 Å². The van der Waals surface area contributed by atoms with Gasteiger partial charge in [-0.2, -0.15) is 0 Å². The molecule has 0 N–H and O–H groups in total. The second kappa shape index (κ2) is 7.29. The molecule has 20 heavy (non-hydrogen) atoms. The van der Waals surface area contributed by atoms with Crippen LogP contribution < -0.4 is 9.47 Å². The van der Waals surface area contributed by atoms with Crippen LogP contribution in [0.5, 0.6) is 11.5 Å². The van der Waals surface area contributed by atoms with Gasteiger partial charge in [-0.25, -0.2) is 0 Å². The molecule has 1 aromatic carbocycles. The standard InChI is InChI=1S/C16H23NO3/c1-13(18)14-7-9-17(10-8-14)11-12-20-16-6-4-3-5-15(16)19-2/h3-6,14H,7-12H2,1-2H3. The highest BCUT2D eigenvalue weighted by Crippen LogP contribution is 2.25. The van der Waals surface area contributed by atoms with Crippen molar-refractivity contribution in [2.45, 2.75) is 19.8 Å². The third kappa shape index (κ3) is 3.97. The van der Waals surface area contributed by atoms with Crippen molar-refractivity contribution >= 4 is 5.78 Å². The van der Waals surface area contributed by atoms with Gasteiger partial charge in [0.1, 0.15) is 12.4 Å². The van der Waals surface area contributed by atoms with Crippen LogP contribution in [0, 0.1) is 5.92 Å². The maximum Gasteiger partial charge on any atom is 0.161 e. The van der Waals surface area contributed by atoms with Gasteiger partial charge in [-0.15, -0.1) is 0 Å². The van der Waals surface area contributed by atoms with E-state index in [-0.39, 0.29) is 5.92 Å². The molecule has 1 fully saturated rings. The maximum absolute atomic E-state index is 11.3. The van der Waals surface area contributed by atoms with Gasteiger partial charge in [-0.05, 0) is 45.0 Å². The Hall–Kier alpha value is -1.55. The molecule has 0 saturated carbocycles. The first kappa shape index (κ1) is 14.9. The Labute approximate surface area is 120 Å². The molecule has 110 valence electrons. The number of hydrogen-bond donors (Lipinski definition) is 0.